The van der Waals surface area contributed by atoms with E-state index in [1.807, 2.05) is 0 Å². The van der Waals surface area contributed by atoms with Gasteiger partial charge in [-0.2, -0.15) is 0 Å². The van der Waals surface area contributed by atoms with Crippen LogP contribution in [-0.2, 0) is 11.3 Å². The van der Waals surface area contributed by atoms with Gasteiger partial charge in [-0.3, -0.25) is 9.69 Å². The number of aliphatic carboxylic acids is 1. The van der Waals surface area contributed by atoms with Gasteiger partial charge < -0.3 is 5.11 Å². The second kappa shape index (κ2) is 6.77. The first-order chi connectivity index (χ1) is 9.10. The summed E-state index contributed by atoms with van der Waals surface area (Å²) in [5, 5.41) is 9.00. The Bertz CT molecular complexity index is 459. The minimum absolute atomic E-state index is 0.152. The summed E-state index contributed by atoms with van der Waals surface area (Å²) in [7, 11) is 0. The Morgan fingerprint density at radius 3 is 2.74 bits per heavy atom. The lowest BCUT2D eigenvalue weighted by atomic mass is 9.97. The number of carboxylic acid groups (broad SMARTS) is 1. The number of thioether (sulfide) groups is 1. The van der Waals surface area contributed by atoms with E-state index in [0.29, 0.717) is 0 Å². The highest BCUT2D eigenvalue weighted by Gasteiger charge is 2.24. The van der Waals surface area contributed by atoms with Crippen molar-refractivity contribution in [2.24, 2.45) is 5.92 Å². The van der Waals surface area contributed by atoms with Crippen molar-refractivity contribution in [1.82, 2.24) is 4.90 Å². The van der Waals surface area contributed by atoms with Crippen LogP contribution in [0.4, 0.5) is 0 Å². The van der Waals surface area contributed by atoms with E-state index < -0.39 is 5.97 Å². The first kappa shape index (κ1) is 14.9. The summed E-state index contributed by atoms with van der Waals surface area (Å²) < 4.78 is 1.10. The van der Waals surface area contributed by atoms with Crippen LogP contribution in [0.15, 0.2) is 27.6 Å². The van der Waals surface area contributed by atoms with Crippen LogP contribution in [0.1, 0.15) is 18.4 Å². The standard InChI is InChI=1S/C14H18BrNO2S/c1-19-13-8-12(15)3-2-11(13)9-16-6-4-10(5-7-16)14(17)18/h2-3,8,10H,4-7,9H2,1H3,(H,17,18). The maximum atomic E-state index is 10.9. The van der Waals surface area contributed by atoms with Crippen molar-refractivity contribution in [1.29, 1.82) is 0 Å². The average molecular weight is 344 g/mol. The number of likely N-dealkylation sites (tertiary alicyclic amines) is 1. The zero-order chi connectivity index (χ0) is 13.8. The first-order valence-corrected chi connectivity index (χ1v) is 8.39. The lowest BCUT2D eigenvalue weighted by Gasteiger charge is -2.30. The molecule has 104 valence electrons. The summed E-state index contributed by atoms with van der Waals surface area (Å²) in [5.41, 5.74) is 1.32. The maximum absolute atomic E-state index is 10.9. The first-order valence-electron chi connectivity index (χ1n) is 6.37. The Morgan fingerprint density at radius 2 is 2.16 bits per heavy atom. The van der Waals surface area contributed by atoms with Crippen LogP contribution in [0.5, 0.6) is 0 Å². The molecule has 0 atom stereocenters. The molecule has 0 radical (unpaired) electrons. The average Bonchev–Trinajstić information content (AvgIpc) is 2.41. The fourth-order valence-corrected chi connectivity index (χ4v) is 3.58. The molecule has 0 aromatic heterocycles. The van der Waals surface area contributed by atoms with E-state index >= 15 is 0 Å². The van der Waals surface area contributed by atoms with Crippen LogP contribution >= 0.6 is 27.7 Å². The molecule has 1 N–H and O–H groups in total. The second-order valence-electron chi connectivity index (χ2n) is 4.84. The Labute approximate surface area is 126 Å². The molecule has 0 aliphatic carbocycles. The topological polar surface area (TPSA) is 40.5 Å². The van der Waals surface area contributed by atoms with Crippen molar-refractivity contribution in [2.75, 3.05) is 19.3 Å². The van der Waals surface area contributed by atoms with E-state index in [-0.39, 0.29) is 5.92 Å². The Morgan fingerprint density at radius 1 is 1.47 bits per heavy atom. The molecular formula is C14H18BrNO2S. The molecular weight excluding hydrogens is 326 g/mol. The minimum atomic E-state index is -0.645. The van der Waals surface area contributed by atoms with E-state index in [0.717, 1.165) is 36.9 Å². The van der Waals surface area contributed by atoms with Crippen LogP contribution in [0.25, 0.3) is 0 Å². The zero-order valence-corrected chi connectivity index (χ0v) is 13.3. The summed E-state index contributed by atoms with van der Waals surface area (Å²) in [6.45, 7) is 2.66. The third-order valence-electron chi connectivity index (χ3n) is 3.58. The van der Waals surface area contributed by atoms with Gasteiger partial charge in [0.15, 0.2) is 0 Å². The summed E-state index contributed by atoms with van der Waals surface area (Å²) in [6, 6.07) is 6.36. The number of carboxylic acids is 1. The molecule has 1 aromatic carbocycles. The summed E-state index contributed by atoms with van der Waals surface area (Å²) in [6.07, 6.45) is 3.61. The van der Waals surface area contributed by atoms with Gasteiger partial charge in [0.2, 0.25) is 0 Å². The fourth-order valence-electron chi connectivity index (χ4n) is 2.43. The van der Waals surface area contributed by atoms with Crippen LogP contribution in [0, 0.1) is 5.92 Å². The number of nitrogens with zero attached hydrogens (tertiary/aromatic N) is 1. The summed E-state index contributed by atoms with van der Waals surface area (Å²) >= 11 is 5.25. The summed E-state index contributed by atoms with van der Waals surface area (Å²) in [5.74, 6) is -0.797. The molecule has 0 amide bonds. The van der Waals surface area contributed by atoms with Gasteiger partial charge in [-0.05, 0) is 49.9 Å². The third kappa shape index (κ3) is 3.97. The molecule has 0 unspecified atom stereocenters. The van der Waals surface area contributed by atoms with E-state index in [9.17, 15) is 4.79 Å². The van der Waals surface area contributed by atoms with E-state index in [4.69, 9.17) is 5.11 Å². The van der Waals surface area contributed by atoms with Crippen molar-refractivity contribution in [3.8, 4) is 0 Å². The van der Waals surface area contributed by atoms with Gasteiger partial charge in [-0.1, -0.05) is 22.0 Å². The monoisotopic (exact) mass is 343 g/mol. The molecule has 1 heterocycles. The maximum Gasteiger partial charge on any atom is 0.306 e. The van der Waals surface area contributed by atoms with Crippen LogP contribution in [0.3, 0.4) is 0 Å². The van der Waals surface area contributed by atoms with Crippen molar-refractivity contribution >= 4 is 33.7 Å². The molecule has 1 aromatic rings. The van der Waals surface area contributed by atoms with Gasteiger partial charge in [0, 0.05) is 15.9 Å². The van der Waals surface area contributed by atoms with Crippen LogP contribution in [0.2, 0.25) is 0 Å². The molecule has 2 rings (SSSR count). The number of hydrogen-bond acceptors (Lipinski definition) is 3. The van der Waals surface area contributed by atoms with E-state index in [1.54, 1.807) is 11.8 Å². The molecule has 3 nitrogen and oxygen atoms in total. The number of halogens is 1. The molecule has 5 heteroatoms. The third-order valence-corrected chi connectivity index (χ3v) is 4.89. The fraction of sp³-hybridized carbons (Fsp3) is 0.500. The smallest absolute Gasteiger partial charge is 0.306 e. The normalized spacial score (nSPS) is 17.6. The van der Waals surface area contributed by atoms with Crippen molar-refractivity contribution in [3.05, 3.63) is 28.2 Å². The van der Waals surface area contributed by atoms with Gasteiger partial charge in [0.1, 0.15) is 0 Å². The lowest BCUT2D eigenvalue weighted by Crippen LogP contribution is -2.35. The largest absolute Gasteiger partial charge is 0.481 e. The van der Waals surface area contributed by atoms with Crippen LogP contribution < -0.4 is 0 Å². The molecule has 0 saturated carbocycles. The number of rotatable bonds is 4. The summed E-state index contributed by atoms with van der Waals surface area (Å²) in [4.78, 5) is 14.6. The molecule has 0 bridgehead atoms. The van der Waals surface area contributed by atoms with Gasteiger partial charge in [-0.15, -0.1) is 11.8 Å². The Kier molecular flexibility index (Phi) is 5.30. The predicted octanol–water partition coefficient (Wildman–Crippen LogP) is 3.47. The number of piperidine rings is 1. The second-order valence-corrected chi connectivity index (χ2v) is 6.61. The highest BCUT2D eigenvalue weighted by atomic mass is 79.9. The molecule has 1 fully saturated rings. The predicted molar refractivity (Wildman–Crippen MR) is 81.6 cm³/mol. The van der Waals surface area contributed by atoms with Gasteiger partial charge in [0.25, 0.3) is 0 Å². The lowest BCUT2D eigenvalue weighted by molar-refractivity contribution is -0.143. The number of hydrogen-bond donors (Lipinski definition) is 1. The van der Waals surface area contributed by atoms with E-state index in [2.05, 4.69) is 45.3 Å². The zero-order valence-electron chi connectivity index (χ0n) is 10.9. The number of benzene rings is 1. The van der Waals surface area contributed by atoms with Gasteiger partial charge in [-0.25, -0.2) is 0 Å². The Hall–Kier alpha value is -0.520. The molecule has 0 spiro atoms. The number of carbonyl (C=O) groups is 1. The van der Waals surface area contributed by atoms with Crippen molar-refractivity contribution in [2.45, 2.75) is 24.3 Å². The van der Waals surface area contributed by atoms with Crippen molar-refractivity contribution < 1.29 is 9.90 Å². The molecule has 1 saturated heterocycles. The van der Waals surface area contributed by atoms with E-state index in [1.165, 1.54) is 10.5 Å². The van der Waals surface area contributed by atoms with Gasteiger partial charge >= 0.3 is 5.97 Å². The minimum Gasteiger partial charge on any atom is -0.481 e. The van der Waals surface area contributed by atoms with Gasteiger partial charge in [0.05, 0.1) is 5.92 Å². The SMILES string of the molecule is CSc1cc(Br)ccc1CN1CCC(C(=O)O)CC1. The molecule has 1 aliphatic heterocycles. The highest BCUT2D eigenvalue weighted by molar-refractivity contribution is 9.10. The molecule has 19 heavy (non-hydrogen) atoms. The quantitative estimate of drug-likeness (QED) is 0.850. The Balaban J connectivity index is 1.97. The van der Waals surface area contributed by atoms with Crippen molar-refractivity contribution in [3.63, 3.8) is 0 Å². The molecule has 1 aliphatic rings. The van der Waals surface area contributed by atoms with Crippen LogP contribution in [-0.4, -0.2) is 35.3 Å². The highest BCUT2D eigenvalue weighted by Crippen LogP contribution is 2.27.